The van der Waals surface area contributed by atoms with Gasteiger partial charge in [-0.1, -0.05) is 18.2 Å². The minimum atomic E-state index is 0.852. The van der Waals surface area contributed by atoms with Gasteiger partial charge in [0.2, 0.25) is 5.95 Å². The Morgan fingerprint density at radius 3 is 2.64 bits per heavy atom. The molecule has 0 saturated carbocycles. The third kappa shape index (κ3) is 2.43. The van der Waals surface area contributed by atoms with Gasteiger partial charge in [0.15, 0.2) is 0 Å². The summed E-state index contributed by atoms with van der Waals surface area (Å²) in [7, 11) is 0. The first-order valence-electron chi connectivity index (χ1n) is 8.27. The fourth-order valence-corrected chi connectivity index (χ4v) is 3.49. The number of rotatable bonds is 2. The summed E-state index contributed by atoms with van der Waals surface area (Å²) in [6, 6.07) is 10.7. The maximum Gasteiger partial charge on any atom is 0.232 e. The molecule has 114 valence electrons. The Balaban J connectivity index is 1.69. The van der Waals surface area contributed by atoms with Gasteiger partial charge in [-0.25, -0.2) is 4.98 Å². The Labute approximate surface area is 131 Å². The van der Waals surface area contributed by atoms with Gasteiger partial charge in [0.1, 0.15) is 5.82 Å². The summed E-state index contributed by atoms with van der Waals surface area (Å²) in [6.07, 6.45) is 4.95. The van der Waals surface area contributed by atoms with Crippen LogP contribution in [0, 0.1) is 6.92 Å². The van der Waals surface area contributed by atoms with Crippen LogP contribution >= 0.6 is 0 Å². The molecule has 0 atom stereocenters. The van der Waals surface area contributed by atoms with Crippen molar-refractivity contribution in [1.29, 1.82) is 0 Å². The van der Waals surface area contributed by atoms with Gasteiger partial charge in [-0.3, -0.25) is 0 Å². The molecule has 1 aromatic carbocycles. The van der Waals surface area contributed by atoms with E-state index in [9.17, 15) is 0 Å². The number of benzene rings is 1. The zero-order valence-electron chi connectivity index (χ0n) is 13.1. The van der Waals surface area contributed by atoms with E-state index >= 15 is 0 Å². The molecule has 4 nitrogen and oxygen atoms in total. The SMILES string of the molecule is Cc1cc(N2CCCCC2)nc(N2CCc3ccccc32)n1. The fraction of sp³-hybridized carbons (Fsp3) is 0.444. The van der Waals surface area contributed by atoms with E-state index in [1.807, 2.05) is 0 Å². The number of nitrogens with zero attached hydrogens (tertiary/aromatic N) is 4. The summed E-state index contributed by atoms with van der Waals surface area (Å²) >= 11 is 0. The van der Waals surface area contributed by atoms with Crippen molar-refractivity contribution in [1.82, 2.24) is 9.97 Å². The second-order valence-electron chi connectivity index (χ2n) is 6.25. The van der Waals surface area contributed by atoms with Gasteiger partial charge in [-0.2, -0.15) is 4.98 Å². The molecule has 0 unspecified atom stereocenters. The summed E-state index contributed by atoms with van der Waals surface area (Å²) < 4.78 is 0. The predicted molar refractivity (Wildman–Crippen MR) is 90.0 cm³/mol. The largest absolute Gasteiger partial charge is 0.356 e. The lowest BCUT2D eigenvalue weighted by atomic mass is 10.1. The number of hydrogen-bond donors (Lipinski definition) is 0. The van der Waals surface area contributed by atoms with Crippen molar-refractivity contribution >= 4 is 17.5 Å². The van der Waals surface area contributed by atoms with Crippen LogP contribution in [0.25, 0.3) is 0 Å². The quantitative estimate of drug-likeness (QED) is 0.849. The number of piperidine rings is 1. The molecule has 2 aliphatic heterocycles. The van der Waals surface area contributed by atoms with Gasteiger partial charge in [-0.15, -0.1) is 0 Å². The Bertz CT molecular complexity index is 677. The molecule has 0 N–H and O–H groups in total. The molecule has 2 aliphatic rings. The van der Waals surface area contributed by atoms with E-state index in [-0.39, 0.29) is 0 Å². The first kappa shape index (κ1) is 13.6. The Morgan fingerprint density at radius 1 is 0.955 bits per heavy atom. The maximum absolute atomic E-state index is 4.88. The van der Waals surface area contributed by atoms with E-state index in [0.29, 0.717) is 0 Å². The van der Waals surface area contributed by atoms with Crippen LogP contribution in [0.5, 0.6) is 0 Å². The molecule has 0 radical (unpaired) electrons. The number of aromatic nitrogens is 2. The van der Waals surface area contributed by atoms with Crippen molar-refractivity contribution in [3.63, 3.8) is 0 Å². The van der Waals surface area contributed by atoms with Crippen LogP contribution in [0.4, 0.5) is 17.5 Å². The van der Waals surface area contributed by atoms with Gasteiger partial charge in [0.25, 0.3) is 0 Å². The van der Waals surface area contributed by atoms with Crippen molar-refractivity contribution in [2.24, 2.45) is 0 Å². The van der Waals surface area contributed by atoms with Crippen LogP contribution in [0.1, 0.15) is 30.5 Å². The third-order valence-corrected chi connectivity index (χ3v) is 4.64. The number of para-hydroxylation sites is 1. The minimum Gasteiger partial charge on any atom is -0.356 e. The first-order valence-corrected chi connectivity index (χ1v) is 8.27. The highest BCUT2D eigenvalue weighted by Gasteiger charge is 2.23. The number of fused-ring (bicyclic) bond motifs is 1. The zero-order chi connectivity index (χ0) is 14.9. The Hall–Kier alpha value is -2.10. The molecule has 0 aliphatic carbocycles. The van der Waals surface area contributed by atoms with Crippen LogP contribution in [-0.4, -0.2) is 29.6 Å². The second kappa shape index (κ2) is 5.59. The van der Waals surface area contributed by atoms with Gasteiger partial charge >= 0.3 is 0 Å². The molecule has 4 rings (SSSR count). The molecule has 2 aromatic rings. The highest BCUT2D eigenvalue weighted by atomic mass is 15.3. The fourth-order valence-electron chi connectivity index (χ4n) is 3.49. The summed E-state index contributed by atoms with van der Waals surface area (Å²) in [5.41, 5.74) is 3.71. The molecular weight excluding hydrogens is 272 g/mol. The van der Waals surface area contributed by atoms with Gasteiger partial charge in [0.05, 0.1) is 0 Å². The predicted octanol–water partition coefficient (Wildman–Crippen LogP) is 3.47. The minimum absolute atomic E-state index is 0.852. The highest BCUT2D eigenvalue weighted by molar-refractivity contribution is 5.66. The second-order valence-corrected chi connectivity index (χ2v) is 6.25. The molecule has 22 heavy (non-hydrogen) atoms. The Morgan fingerprint density at radius 2 is 1.77 bits per heavy atom. The van der Waals surface area contributed by atoms with Crippen LogP contribution in [0.2, 0.25) is 0 Å². The van der Waals surface area contributed by atoms with Crippen LogP contribution in [0.15, 0.2) is 30.3 Å². The lowest BCUT2D eigenvalue weighted by Crippen LogP contribution is -2.31. The van der Waals surface area contributed by atoms with Gasteiger partial charge < -0.3 is 9.80 Å². The third-order valence-electron chi connectivity index (χ3n) is 4.64. The van der Waals surface area contributed by atoms with Gasteiger partial charge in [-0.05, 0) is 44.2 Å². The van der Waals surface area contributed by atoms with Crippen LogP contribution < -0.4 is 9.80 Å². The average Bonchev–Trinajstić information content (AvgIpc) is 2.99. The molecule has 0 bridgehead atoms. The molecule has 1 aromatic heterocycles. The standard InChI is InChI=1S/C18H22N4/c1-14-13-17(21-10-5-2-6-11-21)20-18(19-14)22-12-9-15-7-3-4-8-16(15)22/h3-4,7-8,13H,2,5-6,9-12H2,1H3. The van der Waals surface area contributed by atoms with E-state index in [0.717, 1.165) is 43.5 Å². The molecule has 0 spiro atoms. The van der Waals surface area contributed by atoms with E-state index < -0.39 is 0 Å². The lowest BCUT2D eigenvalue weighted by molar-refractivity contribution is 0.573. The topological polar surface area (TPSA) is 32.3 Å². The lowest BCUT2D eigenvalue weighted by Gasteiger charge is -2.29. The van der Waals surface area contributed by atoms with Crippen LogP contribution in [0.3, 0.4) is 0 Å². The summed E-state index contributed by atoms with van der Waals surface area (Å²) in [4.78, 5) is 14.2. The number of anilines is 3. The van der Waals surface area contributed by atoms with E-state index in [1.54, 1.807) is 0 Å². The van der Waals surface area contributed by atoms with Crippen molar-refractivity contribution in [3.8, 4) is 0 Å². The summed E-state index contributed by atoms with van der Waals surface area (Å²) in [5.74, 6) is 1.94. The smallest absolute Gasteiger partial charge is 0.232 e. The van der Waals surface area contributed by atoms with E-state index in [1.165, 1.54) is 30.5 Å². The Kier molecular flexibility index (Phi) is 3.45. The van der Waals surface area contributed by atoms with E-state index in [2.05, 4.69) is 47.1 Å². The summed E-state index contributed by atoms with van der Waals surface area (Å²) in [5, 5.41) is 0. The zero-order valence-corrected chi connectivity index (χ0v) is 13.1. The van der Waals surface area contributed by atoms with Gasteiger partial charge in [0, 0.05) is 37.1 Å². The molecular formula is C18H22N4. The van der Waals surface area contributed by atoms with Crippen molar-refractivity contribution in [2.45, 2.75) is 32.6 Å². The normalized spacial score (nSPS) is 17.7. The molecule has 1 saturated heterocycles. The van der Waals surface area contributed by atoms with E-state index in [4.69, 9.17) is 9.97 Å². The first-order chi connectivity index (χ1) is 10.8. The van der Waals surface area contributed by atoms with Crippen molar-refractivity contribution < 1.29 is 0 Å². The maximum atomic E-state index is 4.88. The molecule has 0 amide bonds. The monoisotopic (exact) mass is 294 g/mol. The van der Waals surface area contributed by atoms with Crippen molar-refractivity contribution in [3.05, 3.63) is 41.6 Å². The van der Waals surface area contributed by atoms with Crippen molar-refractivity contribution in [2.75, 3.05) is 29.4 Å². The molecule has 4 heteroatoms. The average molecular weight is 294 g/mol. The number of hydrogen-bond acceptors (Lipinski definition) is 4. The summed E-state index contributed by atoms with van der Waals surface area (Å²) in [6.45, 7) is 5.28. The van der Waals surface area contributed by atoms with Crippen LogP contribution in [-0.2, 0) is 6.42 Å². The number of aryl methyl sites for hydroxylation is 1. The highest BCUT2D eigenvalue weighted by Crippen LogP contribution is 2.33. The molecule has 3 heterocycles. The molecule has 1 fully saturated rings.